The molecule has 0 N–H and O–H groups in total. The van der Waals surface area contributed by atoms with Crippen LogP contribution < -0.4 is 5.56 Å². The van der Waals surface area contributed by atoms with Gasteiger partial charge in [-0.25, -0.2) is 4.98 Å². The third-order valence-corrected chi connectivity index (χ3v) is 4.76. The molecular weight excluding hydrogens is 400 g/mol. The molecule has 0 aliphatic heterocycles. The highest BCUT2D eigenvalue weighted by atomic mass is 35.5. The van der Waals surface area contributed by atoms with Crippen LogP contribution in [0.4, 0.5) is 13.2 Å². The molecule has 0 amide bonds. The molecule has 0 spiro atoms. The number of hydrogen-bond donors (Lipinski definition) is 0. The molecule has 1 heterocycles. The van der Waals surface area contributed by atoms with Crippen LogP contribution in [0.1, 0.15) is 30.0 Å². The van der Waals surface area contributed by atoms with Gasteiger partial charge in [0.1, 0.15) is 0 Å². The van der Waals surface area contributed by atoms with Gasteiger partial charge in [0.25, 0.3) is 5.56 Å². The Morgan fingerprint density at radius 3 is 2.52 bits per heavy atom. The lowest BCUT2D eigenvalue weighted by atomic mass is 10.0. The zero-order valence-corrected chi connectivity index (χ0v) is 15.8. The number of halogens is 5. The molecule has 0 unspecified atom stereocenters. The Labute approximate surface area is 163 Å². The van der Waals surface area contributed by atoms with Gasteiger partial charge < -0.3 is 0 Å². The Kier molecular flexibility index (Phi) is 5.49. The maximum absolute atomic E-state index is 13.1. The zero-order valence-electron chi connectivity index (χ0n) is 14.3. The summed E-state index contributed by atoms with van der Waals surface area (Å²) in [4.78, 5) is 16.9. The van der Waals surface area contributed by atoms with Crippen molar-refractivity contribution in [3.63, 3.8) is 0 Å². The van der Waals surface area contributed by atoms with Crippen molar-refractivity contribution in [3.8, 4) is 0 Å². The van der Waals surface area contributed by atoms with Crippen LogP contribution in [-0.4, -0.2) is 9.55 Å². The summed E-state index contributed by atoms with van der Waals surface area (Å²) in [6.45, 7) is 2.19. The van der Waals surface area contributed by atoms with Gasteiger partial charge in [-0.05, 0) is 41.8 Å². The van der Waals surface area contributed by atoms with E-state index in [-0.39, 0.29) is 22.5 Å². The van der Waals surface area contributed by atoms with Crippen LogP contribution in [0.3, 0.4) is 0 Å². The molecule has 0 saturated carbocycles. The Balaban J connectivity index is 2.13. The molecule has 0 radical (unpaired) electrons. The second-order valence-electron chi connectivity index (χ2n) is 6.19. The smallest absolute Gasteiger partial charge is 0.294 e. The summed E-state index contributed by atoms with van der Waals surface area (Å²) < 4.78 is 40.4. The van der Waals surface area contributed by atoms with Crippen LogP contribution in [0.25, 0.3) is 10.9 Å². The summed E-state index contributed by atoms with van der Waals surface area (Å²) in [5, 5.41) is 0.143. The van der Waals surface area contributed by atoms with E-state index in [1.165, 1.54) is 10.9 Å². The van der Waals surface area contributed by atoms with E-state index in [1.807, 2.05) is 13.0 Å². The van der Waals surface area contributed by atoms with Gasteiger partial charge in [0.2, 0.25) is 0 Å². The molecule has 3 rings (SSSR count). The third-order valence-electron chi connectivity index (χ3n) is 4.24. The average Bonchev–Trinajstić information content (AvgIpc) is 2.59. The van der Waals surface area contributed by atoms with Crippen molar-refractivity contribution < 1.29 is 13.2 Å². The number of aryl methyl sites for hydroxylation is 1. The molecule has 8 heteroatoms. The van der Waals surface area contributed by atoms with Crippen LogP contribution in [0.2, 0.25) is 10.0 Å². The molecule has 142 valence electrons. The van der Waals surface area contributed by atoms with E-state index in [1.54, 1.807) is 12.1 Å². The Hall–Kier alpha value is -2.05. The first-order chi connectivity index (χ1) is 12.7. The van der Waals surface area contributed by atoms with Gasteiger partial charge >= 0.3 is 6.18 Å². The van der Waals surface area contributed by atoms with Gasteiger partial charge in [0.15, 0.2) is 0 Å². The molecule has 1 aromatic heterocycles. The standard InChI is InChI=1S/C19H15Cl2F3N2O/c1-2-3-11-4-5-14(20)6-12(11)9-26-10-25-17-15(18(26)27)7-13(8-16(17)21)19(22,23)24/h4-8,10H,2-3,9H2,1H3. The number of aromatic nitrogens is 2. The number of fused-ring (bicyclic) bond motifs is 1. The minimum Gasteiger partial charge on any atom is -0.294 e. The van der Waals surface area contributed by atoms with Gasteiger partial charge in [-0.2, -0.15) is 13.2 Å². The zero-order chi connectivity index (χ0) is 19.8. The first-order valence-electron chi connectivity index (χ1n) is 8.24. The number of benzene rings is 2. The molecule has 0 aliphatic carbocycles. The first kappa shape index (κ1) is 19.7. The third kappa shape index (κ3) is 4.12. The highest BCUT2D eigenvalue weighted by Crippen LogP contribution is 2.33. The number of rotatable bonds is 4. The summed E-state index contributed by atoms with van der Waals surface area (Å²) in [6.07, 6.45) is -1.61. The molecule has 0 bridgehead atoms. The first-order valence-corrected chi connectivity index (χ1v) is 8.99. The van der Waals surface area contributed by atoms with Crippen molar-refractivity contribution in [1.82, 2.24) is 9.55 Å². The SMILES string of the molecule is CCCc1ccc(Cl)cc1Cn1cnc2c(Cl)cc(C(F)(F)F)cc2c1=O. The number of alkyl halides is 3. The number of hydrogen-bond acceptors (Lipinski definition) is 2. The van der Waals surface area contributed by atoms with Crippen molar-refractivity contribution in [2.45, 2.75) is 32.5 Å². The van der Waals surface area contributed by atoms with Crippen molar-refractivity contribution in [2.75, 3.05) is 0 Å². The van der Waals surface area contributed by atoms with Crippen LogP contribution >= 0.6 is 23.2 Å². The largest absolute Gasteiger partial charge is 0.416 e. The summed E-state index contributed by atoms with van der Waals surface area (Å²) in [7, 11) is 0. The monoisotopic (exact) mass is 414 g/mol. The Morgan fingerprint density at radius 1 is 1.11 bits per heavy atom. The van der Waals surface area contributed by atoms with E-state index in [9.17, 15) is 18.0 Å². The van der Waals surface area contributed by atoms with Gasteiger partial charge in [-0.15, -0.1) is 0 Å². The summed E-state index contributed by atoms with van der Waals surface area (Å²) >= 11 is 12.0. The highest BCUT2D eigenvalue weighted by Gasteiger charge is 2.32. The minimum absolute atomic E-state index is 0.0470. The van der Waals surface area contributed by atoms with Gasteiger partial charge in [0, 0.05) is 5.02 Å². The van der Waals surface area contributed by atoms with Crippen LogP contribution in [0.5, 0.6) is 0 Å². The van der Waals surface area contributed by atoms with Gasteiger partial charge in [-0.1, -0.05) is 42.6 Å². The lowest BCUT2D eigenvalue weighted by molar-refractivity contribution is -0.137. The average molecular weight is 415 g/mol. The molecule has 3 nitrogen and oxygen atoms in total. The lowest BCUT2D eigenvalue weighted by Gasteiger charge is -2.13. The van der Waals surface area contributed by atoms with E-state index in [4.69, 9.17) is 23.2 Å². The maximum atomic E-state index is 13.1. The second kappa shape index (κ2) is 7.52. The van der Waals surface area contributed by atoms with Crippen LogP contribution in [0.15, 0.2) is 41.5 Å². The Morgan fingerprint density at radius 2 is 1.85 bits per heavy atom. The van der Waals surface area contributed by atoms with E-state index in [2.05, 4.69) is 4.98 Å². The lowest BCUT2D eigenvalue weighted by Crippen LogP contribution is -2.22. The molecule has 0 aliphatic rings. The molecule has 0 atom stereocenters. The van der Waals surface area contributed by atoms with Crippen molar-refractivity contribution in [1.29, 1.82) is 0 Å². The molecule has 2 aromatic carbocycles. The summed E-state index contributed by atoms with van der Waals surface area (Å²) in [5.41, 5.74) is 0.328. The molecule has 27 heavy (non-hydrogen) atoms. The fourth-order valence-corrected chi connectivity index (χ4v) is 3.41. The minimum atomic E-state index is -4.60. The molecular formula is C19H15Cl2F3N2O. The number of nitrogens with zero attached hydrogens (tertiary/aromatic N) is 2. The van der Waals surface area contributed by atoms with Crippen LogP contribution in [0, 0.1) is 0 Å². The molecule has 3 aromatic rings. The van der Waals surface area contributed by atoms with Gasteiger partial charge in [-0.3, -0.25) is 9.36 Å². The predicted octanol–water partition coefficient (Wildman–Crippen LogP) is 5.72. The normalized spacial score (nSPS) is 11.9. The van der Waals surface area contributed by atoms with Crippen molar-refractivity contribution in [3.05, 3.63) is 73.7 Å². The topological polar surface area (TPSA) is 34.9 Å². The predicted molar refractivity (Wildman–Crippen MR) is 101 cm³/mol. The fourth-order valence-electron chi connectivity index (χ4n) is 2.94. The summed E-state index contributed by atoms with van der Waals surface area (Å²) in [6, 6.07) is 6.98. The van der Waals surface area contributed by atoms with E-state index in [0.29, 0.717) is 5.02 Å². The van der Waals surface area contributed by atoms with E-state index >= 15 is 0 Å². The Bertz CT molecular complexity index is 1060. The van der Waals surface area contributed by atoms with E-state index in [0.717, 1.165) is 36.1 Å². The fraction of sp³-hybridized carbons (Fsp3) is 0.263. The van der Waals surface area contributed by atoms with E-state index < -0.39 is 17.3 Å². The van der Waals surface area contributed by atoms with Gasteiger partial charge in [0.05, 0.1) is 34.4 Å². The highest BCUT2D eigenvalue weighted by molar-refractivity contribution is 6.35. The summed E-state index contributed by atoms with van der Waals surface area (Å²) in [5.74, 6) is 0. The maximum Gasteiger partial charge on any atom is 0.416 e. The molecule has 0 saturated heterocycles. The van der Waals surface area contributed by atoms with Crippen molar-refractivity contribution in [2.24, 2.45) is 0 Å². The second-order valence-corrected chi connectivity index (χ2v) is 7.04. The van der Waals surface area contributed by atoms with Crippen LogP contribution in [-0.2, 0) is 19.1 Å². The quantitative estimate of drug-likeness (QED) is 0.546. The molecule has 0 fully saturated rings. The van der Waals surface area contributed by atoms with Crippen molar-refractivity contribution >= 4 is 34.1 Å².